The van der Waals surface area contributed by atoms with Gasteiger partial charge in [0.05, 0.1) is 0 Å². The molecule has 1 aromatic heterocycles. The number of nitrogens with two attached hydrogens (primary N) is 1. The summed E-state index contributed by atoms with van der Waals surface area (Å²) in [6.45, 7) is 1.03. The van der Waals surface area contributed by atoms with E-state index in [0.29, 0.717) is 5.56 Å². The fraction of sp³-hybridized carbons (Fsp3) is 0.217. The lowest BCUT2D eigenvalue weighted by Gasteiger charge is -2.26. The summed E-state index contributed by atoms with van der Waals surface area (Å²) in [5.74, 6) is 0.124. The lowest BCUT2D eigenvalue weighted by atomic mass is 9.82. The van der Waals surface area contributed by atoms with E-state index >= 15 is 0 Å². The molecule has 0 bridgehead atoms. The molecule has 7 heteroatoms. The third-order valence-electron chi connectivity index (χ3n) is 5.15. The minimum atomic E-state index is -2.88. The van der Waals surface area contributed by atoms with Crippen LogP contribution in [0.25, 0.3) is 11.1 Å². The summed E-state index contributed by atoms with van der Waals surface area (Å²) in [5.41, 5.74) is 10.3. The van der Waals surface area contributed by atoms with Gasteiger partial charge in [0, 0.05) is 18.0 Å². The minimum absolute atomic E-state index is 0.0863. The Kier molecular flexibility index (Phi) is 5.11. The number of aryl methyl sites for hydroxylation is 2. The molecule has 3 aromatic rings. The van der Waals surface area contributed by atoms with E-state index < -0.39 is 12.2 Å². The molecule has 1 atom stereocenters. The molecule has 1 aliphatic rings. The molecule has 0 fully saturated rings. The number of amidine groups is 1. The lowest BCUT2D eigenvalue weighted by Crippen LogP contribution is -2.27. The smallest absolute Gasteiger partial charge is 0.387 e. The fourth-order valence-corrected chi connectivity index (χ4v) is 3.70. The Bertz CT molecular complexity index is 1120. The number of pyridine rings is 1. The zero-order chi connectivity index (χ0) is 21.3. The van der Waals surface area contributed by atoms with E-state index in [9.17, 15) is 8.78 Å². The third kappa shape index (κ3) is 3.70. The molecular formula is C23H21F2N3O2. The predicted octanol–water partition coefficient (Wildman–Crippen LogP) is 4.56. The van der Waals surface area contributed by atoms with Crippen molar-refractivity contribution >= 4 is 6.02 Å². The predicted molar refractivity (Wildman–Crippen MR) is 111 cm³/mol. The minimum Gasteiger partial charge on any atom is -0.462 e. The molecule has 154 valence electrons. The maximum atomic E-state index is 12.6. The summed E-state index contributed by atoms with van der Waals surface area (Å²) >= 11 is 0. The fourth-order valence-electron chi connectivity index (χ4n) is 3.70. The first-order chi connectivity index (χ1) is 14.4. The number of hydrogen-bond donors (Lipinski definition) is 1. The van der Waals surface area contributed by atoms with Crippen LogP contribution in [0.1, 0.15) is 22.3 Å². The average Bonchev–Trinajstić information content (AvgIpc) is 3.12. The van der Waals surface area contributed by atoms with Crippen molar-refractivity contribution in [2.45, 2.75) is 26.0 Å². The van der Waals surface area contributed by atoms with Gasteiger partial charge in [0.1, 0.15) is 12.4 Å². The highest BCUT2D eigenvalue weighted by Crippen LogP contribution is 2.40. The number of rotatable bonds is 5. The SMILES string of the molecule is Cc1cncc(-c2cccc(C3(c4ccc(OC(F)F)c(C)c4)COC(N)=N3)c2)c1. The van der Waals surface area contributed by atoms with Gasteiger partial charge in [0.15, 0.2) is 5.54 Å². The zero-order valence-electron chi connectivity index (χ0n) is 16.6. The second kappa shape index (κ2) is 7.74. The number of nitrogens with zero attached hydrogens (tertiary/aromatic N) is 2. The zero-order valence-corrected chi connectivity index (χ0v) is 16.6. The molecule has 2 heterocycles. The largest absolute Gasteiger partial charge is 0.462 e. The number of aliphatic imine (C=N–C) groups is 1. The van der Waals surface area contributed by atoms with Crippen molar-refractivity contribution in [3.8, 4) is 16.9 Å². The molecule has 4 rings (SSSR count). The topological polar surface area (TPSA) is 69.7 Å². The highest BCUT2D eigenvalue weighted by molar-refractivity contribution is 5.76. The molecular weight excluding hydrogens is 388 g/mol. The molecule has 2 aromatic carbocycles. The molecule has 0 saturated heterocycles. The molecule has 1 aliphatic heterocycles. The van der Waals surface area contributed by atoms with Crippen LogP contribution < -0.4 is 10.5 Å². The Morgan fingerprint density at radius 2 is 1.83 bits per heavy atom. The third-order valence-corrected chi connectivity index (χ3v) is 5.15. The summed E-state index contributed by atoms with van der Waals surface area (Å²) < 4.78 is 35.4. The van der Waals surface area contributed by atoms with Crippen LogP contribution in [-0.2, 0) is 10.3 Å². The van der Waals surface area contributed by atoms with Crippen LogP contribution in [0.15, 0.2) is 65.9 Å². The van der Waals surface area contributed by atoms with Gasteiger partial charge >= 0.3 is 6.61 Å². The summed E-state index contributed by atoms with van der Waals surface area (Å²) in [7, 11) is 0. The van der Waals surface area contributed by atoms with E-state index in [0.717, 1.165) is 27.8 Å². The number of benzene rings is 2. The average molecular weight is 409 g/mol. The molecule has 2 N–H and O–H groups in total. The standard InChI is InChI=1S/C23H21F2N3O2/c1-14-8-17(12-27-11-14)16-4-3-5-18(10-16)23(13-29-22(26)28-23)19-6-7-20(15(2)9-19)30-21(24)25/h3-12,21H,13H2,1-2H3,(H2,26,28). The second-order valence-corrected chi connectivity index (χ2v) is 7.29. The summed E-state index contributed by atoms with van der Waals surface area (Å²) in [4.78, 5) is 8.88. The summed E-state index contributed by atoms with van der Waals surface area (Å²) in [5, 5.41) is 0. The molecule has 0 saturated carbocycles. The van der Waals surface area contributed by atoms with Crippen LogP contribution in [-0.4, -0.2) is 24.2 Å². The molecule has 0 radical (unpaired) electrons. The van der Waals surface area contributed by atoms with Gasteiger partial charge in [-0.25, -0.2) is 4.99 Å². The van der Waals surface area contributed by atoms with E-state index in [1.165, 1.54) is 6.07 Å². The van der Waals surface area contributed by atoms with Crippen molar-refractivity contribution in [3.05, 3.63) is 83.2 Å². The van der Waals surface area contributed by atoms with Crippen molar-refractivity contribution in [2.75, 3.05) is 6.61 Å². The Morgan fingerprint density at radius 3 is 2.50 bits per heavy atom. The van der Waals surface area contributed by atoms with Gasteiger partial charge in [-0.2, -0.15) is 8.78 Å². The van der Waals surface area contributed by atoms with Gasteiger partial charge in [0.2, 0.25) is 0 Å². The van der Waals surface area contributed by atoms with Gasteiger partial charge in [-0.05, 0) is 65.9 Å². The van der Waals surface area contributed by atoms with Crippen LogP contribution in [0.4, 0.5) is 8.78 Å². The van der Waals surface area contributed by atoms with Crippen LogP contribution in [0.3, 0.4) is 0 Å². The van der Waals surface area contributed by atoms with Crippen LogP contribution in [0, 0.1) is 13.8 Å². The van der Waals surface area contributed by atoms with E-state index in [-0.39, 0.29) is 18.4 Å². The highest BCUT2D eigenvalue weighted by Gasteiger charge is 2.40. The van der Waals surface area contributed by atoms with Crippen LogP contribution in [0.2, 0.25) is 0 Å². The Balaban J connectivity index is 1.81. The molecule has 0 spiro atoms. The van der Waals surface area contributed by atoms with Crippen molar-refractivity contribution in [2.24, 2.45) is 10.7 Å². The van der Waals surface area contributed by atoms with Crippen molar-refractivity contribution in [1.82, 2.24) is 4.98 Å². The van der Waals surface area contributed by atoms with Crippen LogP contribution >= 0.6 is 0 Å². The van der Waals surface area contributed by atoms with E-state index in [1.54, 1.807) is 25.3 Å². The quantitative estimate of drug-likeness (QED) is 0.671. The van der Waals surface area contributed by atoms with Gasteiger partial charge < -0.3 is 15.2 Å². The summed E-state index contributed by atoms with van der Waals surface area (Å²) in [6.07, 6.45) is 3.61. The number of alkyl halides is 2. The molecule has 0 aliphatic carbocycles. The maximum Gasteiger partial charge on any atom is 0.387 e. The second-order valence-electron chi connectivity index (χ2n) is 7.29. The first kappa shape index (κ1) is 19.8. The monoisotopic (exact) mass is 409 g/mol. The number of halogens is 2. The van der Waals surface area contributed by atoms with E-state index in [1.807, 2.05) is 37.4 Å². The maximum absolute atomic E-state index is 12.6. The van der Waals surface area contributed by atoms with Crippen LogP contribution in [0.5, 0.6) is 5.75 Å². The first-order valence-electron chi connectivity index (χ1n) is 9.44. The number of aromatic nitrogens is 1. The molecule has 0 amide bonds. The van der Waals surface area contributed by atoms with E-state index in [2.05, 4.69) is 20.8 Å². The number of ether oxygens (including phenoxy) is 2. The van der Waals surface area contributed by atoms with Crippen molar-refractivity contribution < 1.29 is 18.3 Å². The summed E-state index contributed by atoms with van der Waals surface area (Å²) in [6, 6.07) is 15.1. The molecule has 1 unspecified atom stereocenters. The highest BCUT2D eigenvalue weighted by atomic mass is 19.3. The van der Waals surface area contributed by atoms with E-state index in [4.69, 9.17) is 10.5 Å². The molecule has 30 heavy (non-hydrogen) atoms. The molecule has 5 nitrogen and oxygen atoms in total. The van der Waals surface area contributed by atoms with Gasteiger partial charge in [0.25, 0.3) is 6.02 Å². The van der Waals surface area contributed by atoms with Gasteiger partial charge in [-0.3, -0.25) is 4.98 Å². The van der Waals surface area contributed by atoms with Crippen molar-refractivity contribution in [1.29, 1.82) is 0 Å². The lowest BCUT2D eigenvalue weighted by molar-refractivity contribution is -0.0503. The normalized spacial score (nSPS) is 18.2. The Labute approximate surface area is 173 Å². The number of hydrogen-bond acceptors (Lipinski definition) is 5. The van der Waals surface area contributed by atoms with Crippen molar-refractivity contribution in [3.63, 3.8) is 0 Å². The van der Waals surface area contributed by atoms with Gasteiger partial charge in [-0.1, -0.05) is 24.3 Å². The first-order valence-corrected chi connectivity index (χ1v) is 9.44. The Hall–Kier alpha value is -3.48. The van der Waals surface area contributed by atoms with Gasteiger partial charge in [-0.15, -0.1) is 0 Å². The Morgan fingerprint density at radius 1 is 1.03 bits per heavy atom.